The van der Waals surface area contributed by atoms with Gasteiger partial charge in [0.05, 0.1) is 16.8 Å². The van der Waals surface area contributed by atoms with E-state index < -0.39 is 16.8 Å². The topological polar surface area (TPSA) is 101 Å². The molecule has 7 rings (SSSR count). The van der Waals surface area contributed by atoms with E-state index in [9.17, 15) is 18.2 Å². The van der Waals surface area contributed by atoms with Crippen LogP contribution in [0.2, 0.25) is 0 Å². The number of nitrogens with zero attached hydrogens (tertiary/aromatic N) is 4. The number of para-hydroxylation sites is 1. The van der Waals surface area contributed by atoms with Crippen molar-refractivity contribution in [1.29, 1.82) is 0 Å². The van der Waals surface area contributed by atoms with Crippen LogP contribution >= 0.6 is 0 Å². The molecule has 2 aliphatic rings. The second kappa shape index (κ2) is 12.0. The van der Waals surface area contributed by atoms with Gasteiger partial charge >= 0.3 is 0 Å². The molecule has 0 spiro atoms. The Morgan fingerprint density at radius 3 is 2.57 bits per heavy atom. The molecule has 238 valence electrons. The van der Waals surface area contributed by atoms with E-state index in [-0.39, 0.29) is 17.7 Å². The van der Waals surface area contributed by atoms with Crippen LogP contribution < -0.4 is 9.62 Å². The third-order valence-electron chi connectivity index (χ3n) is 9.26. The lowest BCUT2D eigenvalue weighted by Crippen LogP contribution is -2.39. The number of aromatic nitrogens is 2. The molecule has 1 saturated carbocycles. The smallest absolute Gasteiger partial charge is 0.275 e. The molecule has 3 heterocycles. The number of hydrogen-bond acceptors (Lipinski definition) is 5. The van der Waals surface area contributed by atoms with Crippen LogP contribution in [-0.4, -0.2) is 64.1 Å². The minimum Gasteiger partial charge on any atom is -0.455 e. The number of benzene rings is 3. The number of hydrogen-bond donors (Lipinski definition) is 1. The van der Waals surface area contributed by atoms with Crippen molar-refractivity contribution in [3.8, 4) is 11.3 Å². The van der Waals surface area contributed by atoms with Crippen molar-refractivity contribution >= 4 is 50.4 Å². The standard InChI is InChI=1S/C35H36FN5O4S/c1-37-34(42)31-27-17-26(29(39(2)46(3)44)18-30(27)45-33(31)22-12-14-24(36)15-13-22)23-7-6-16-40(20-23)35(43)32-25-8-4-5-9-28(25)41(38-32)19-21-10-11-21/h4-5,8-9,12-15,17-18,21,23H,6-7,10-11,16,19-20H2,1-3H3,(H,37,42)/t23-,46?/m0/s1. The highest BCUT2D eigenvalue weighted by Crippen LogP contribution is 2.42. The van der Waals surface area contributed by atoms with E-state index in [0.717, 1.165) is 35.9 Å². The van der Waals surface area contributed by atoms with E-state index >= 15 is 0 Å². The molecule has 11 heteroatoms. The molecule has 0 radical (unpaired) electrons. The molecule has 9 nitrogen and oxygen atoms in total. The number of anilines is 1. The summed E-state index contributed by atoms with van der Waals surface area (Å²) in [4.78, 5) is 29.3. The van der Waals surface area contributed by atoms with Gasteiger partial charge in [-0.1, -0.05) is 18.2 Å². The van der Waals surface area contributed by atoms with Crippen molar-refractivity contribution in [3.63, 3.8) is 0 Å². The summed E-state index contributed by atoms with van der Waals surface area (Å²) >= 11 is 0. The van der Waals surface area contributed by atoms with Crippen LogP contribution in [0, 0.1) is 11.7 Å². The van der Waals surface area contributed by atoms with E-state index in [2.05, 4.69) is 5.32 Å². The Morgan fingerprint density at radius 2 is 1.85 bits per heavy atom. The molecular formula is C35H36FN5O4S. The van der Waals surface area contributed by atoms with Crippen LogP contribution in [0.1, 0.15) is 58.0 Å². The molecule has 2 amide bonds. The molecule has 2 aromatic heterocycles. The van der Waals surface area contributed by atoms with Gasteiger partial charge in [-0.25, -0.2) is 8.60 Å². The minimum atomic E-state index is -1.35. The van der Waals surface area contributed by atoms with Crippen molar-refractivity contribution in [3.05, 3.63) is 83.3 Å². The first-order chi connectivity index (χ1) is 22.2. The Morgan fingerprint density at radius 1 is 1.09 bits per heavy atom. The molecule has 2 atom stereocenters. The van der Waals surface area contributed by atoms with Gasteiger partial charge in [-0.3, -0.25) is 18.6 Å². The Bertz CT molecular complexity index is 2000. The summed E-state index contributed by atoms with van der Waals surface area (Å²) in [6.45, 7) is 1.87. The normalized spacial score (nSPS) is 17.4. The third-order valence-corrected chi connectivity index (χ3v) is 10.2. The Labute approximate surface area is 268 Å². The van der Waals surface area contributed by atoms with Crippen LogP contribution in [0.15, 0.2) is 65.1 Å². The number of amides is 2. The SMILES string of the molecule is CNC(=O)c1c(-c2ccc(F)cc2)oc2cc(N(C)S(C)=O)c([C@H]3CCCN(C(=O)c4nn(CC5CC5)c5ccccc45)C3)cc12. The summed E-state index contributed by atoms with van der Waals surface area (Å²) in [5.41, 5.74) is 4.39. The molecule has 1 aliphatic carbocycles. The van der Waals surface area contributed by atoms with E-state index in [4.69, 9.17) is 9.52 Å². The molecule has 46 heavy (non-hydrogen) atoms. The maximum atomic E-state index is 14.1. The molecule has 1 unspecified atom stereocenters. The van der Waals surface area contributed by atoms with Gasteiger partial charge in [0.15, 0.2) is 5.69 Å². The van der Waals surface area contributed by atoms with E-state index in [1.54, 1.807) is 36.8 Å². The summed E-state index contributed by atoms with van der Waals surface area (Å²) in [6, 6.07) is 17.5. The van der Waals surface area contributed by atoms with E-state index in [0.29, 0.717) is 58.2 Å². The van der Waals surface area contributed by atoms with Gasteiger partial charge in [0.1, 0.15) is 28.1 Å². The monoisotopic (exact) mass is 641 g/mol. The number of halogens is 1. The quantitative estimate of drug-likeness (QED) is 0.221. The molecule has 3 aromatic carbocycles. The summed E-state index contributed by atoms with van der Waals surface area (Å²) in [6.07, 6.45) is 5.58. The fourth-order valence-corrected chi connectivity index (χ4v) is 7.01. The number of carbonyl (C=O) groups excluding carboxylic acids is 2. The Kier molecular flexibility index (Phi) is 7.88. The van der Waals surface area contributed by atoms with Crippen LogP contribution in [0.3, 0.4) is 0 Å². The Balaban J connectivity index is 1.30. The van der Waals surface area contributed by atoms with Gasteiger partial charge in [0.25, 0.3) is 11.8 Å². The van der Waals surface area contributed by atoms with Crippen LogP contribution in [0.5, 0.6) is 0 Å². The fourth-order valence-electron chi connectivity index (χ4n) is 6.58. The molecule has 1 aliphatic heterocycles. The third kappa shape index (κ3) is 5.46. The van der Waals surface area contributed by atoms with Gasteiger partial charge < -0.3 is 14.6 Å². The highest BCUT2D eigenvalue weighted by molar-refractivity contribution is 7.85. The lowest BCUT2D eigenvalue weighted by atomic mass is 9.88. The first-order valence-electron chi connectivity index (χ1n) is 15.6. The van der Waals surface area contributed by atoms with E-state index in [1.165, 1.54) is 25.0 Å². The summed E-state index contributed by atoms with van der Waals surface area (Å²) < 4.78 is 36.5. The lowest BCUT2D eigenvalue weighted by Gasteiger charge is -2.34. The zero-order valence-electron chi connectivity index (χ0n) is 26.1. The molecular weight excluding hydrogens is 605 g/mol. The van der Waals surface area contributed by atoms with Crippen molar-refractivity contribution in [2.24, 2.45) is 5.92 Å². The molecule has 5 aromatic rings. The number of carbonyl (C=O) groups is 2. The average molecular weight is 642 g/mol. The predicted molar refractivity (Wildman–Crippen MR) is 178 cm³/mol. The zero-order chi connectivity index (χ0) is 32.1. The fraction of sp³-hybridized carbons (Fsp3) is 0.343. The highest BCUT2D eigenvalue weighted by atomic mass is 32.2. The number of furan rings is 1. The first-order valence-corrected chi connectivity index (χ1v) is 17.2. The van der Waals surface area contributed by atoms with Crippen LogP contribution in [0.25, 0.3) is 33.2 Å². The van der Waals surface area contributed by atoms with Crippen molar-refractivity contribution in [2.45, 2.75) is 38.1 Å². The Hall–Kier alpha value is -4.51. The summed E-state index contributed by atoms with van der Waals surface area (Å²) in [7, 11) is 1.96. The molecule has 2 fully saturated rings. The van der Waals surface area contributed by atoms with Crippen LogP contribution in [0.4, 0.5) is 10.1 Å². The van der Waals surface area contributed by atoms with Crippen molar-refractivity contribution in [1.82, 2.24) is 20.0 Å². The summed E-state index contributed by atoms with van der Waals surface area (Å²) in [5, 5.41) is 9.00. The zero-order valence-corrected chi connectivity index (χ0v) is 26.9. The number of piperidine rings is 1. The largest absolute Gasteiger partial charge is 0.455 e. The molecule has 1 N–H and O–H groups in total. The van der Waals surface area contributed by atoms with Gasteiger partial charge in [0.2, 0.25) is 0 Å². The molecule has 0 bridgehead atoms. The van der Waals surface area contributed by atoms with Crippen molar-refractivity contribution < 1.29 is 22.6 Å². The number of rotatable bonds is 8. The van der Waals surface area contributed by atoms with Crippen molar-refractivity contribution in [2.75, 3.05) is 37.7 Å². The lowest BCUT2D eigenvalue weighted by molar-refractivity contribution is 0.0702. The second-order valence-corrected chi connectivity index (χ2v) is 13.7. The van der Waals surface area contributed by atoms with Gasteiger partial charge in [0, 0.05) is 68.3 Å². The number of fused-ring (bicyclic) bond motifs is 2. The maximum absolute atomic E-state index is 14.1. The van der Waals surface area contributed by atoms with Gasteiger partial charge in [-0.15, -0.1) is 0 Å². The van der Waals surface area contributed by atoms with Crippen LogP contribution in [-0.2, 0) is 17.5 Å². The maximum Gasteiger partial charge on any atom is 0.275 e. The average Bonchev–Trinajstić information content (AvgIpc) is 3.71. The number of nitrogens with one attached hydrogen (secondary N) is 1. The minimum absolute atomic E-state index is 0.0929. The highest BCUT2D eigenvalue weighted by Gasteiger charge is 2.33. The number of likely N-dealkylation sites (tertiary alicyclic amines) is 1. The summed E-state index contributed by atoms with van der Waals surface area (Å²) in [5.74, 6) is 0.0246. The molecule has 1 saturated heterocycles. The van der Waals surface area contributed by atoms with E-state index in [1.807, 2.05) is 46.0 Å². The predicted octanol–water partition coefficient (Wildman–Crippen LogP) is 6.11. The van der Waals surface area contributed by atoms with Gasteiger partial charge in [-0.05, 0) is 73.6 Å². The first kappa shape index (κ1) is 30.2. The second-order valence-electron chi connectivity index (χ2n) is 12.3. The van der Waals surface area contributed by atoms with Gasteiger partial charge in [-0.2, -0.15) is 5.10 Å².